The van der Waals surface area contributed by atoms with Gasteiger partial charge in [-0.15, -0.1) is 0 Å². The number of benzene rings is 2. The normalized spacial score (nSPS) is 10.6. The van der Waals surface area contributed by atoms with Gasteiger partial charge in [-0.05, 0) is 54.8 Å². The molecule has 0 atom stereocenters. The first kappa shape index (κ1) is 14.9. The summed E-state index contributed by atoms with van der Waals surface area (Å²) in [5.41, 5.74) is 10.7. The fraction of sp³-hybridized carbons (Fsp3) is 0.294. The summed E-state index contributed by atoms with van der Waals surface area (Å²) in [7, 11) is 2.11. The quantitative estimate of drug-likeness (QED) is 0.907. The van der Waals surface area contributed by atoms with E-state index in [0.29, 0.717) is 6.54 Å². The van der Waals surface area contributed by atoms with E-state index in [1.54, 1.807) is 0 Å². The highest BCUT2D eigenvalue weighted by Crippen LogP contribution is 2.25. The molecule has 2 aromatic carbocycles. The SMILES string of the molecule is Cc1ccccc1CN(C)c1ccc(Cl)cc1CCN. The topological polar surface area (TPSA) is 29.3 Å². The zero-order chi connectivity index (χ0) is 14.5. The lowest BCUT2D eigenvalue weighted by Gasteiger charge is -2.23. The number of nitrogens with two attached hydrogens (primary N) is 1. The molecule has 0 saturated carbocycles. The molecule has 0 saturated heterocycles. The summed E-state index contributed by atoms with van der Waals surface area (Å²) < 4.78 is 0. The second kappa shape index (κ2) is 6.78. The van der Waals surface area contributed by atoms with Gasteiger partial charge in [-0.2, -0.15) is 0 Å². The molecule has 2 nitrogen and oxygen atoms in total. The third-order valence-corrected chi connectivity index (χ3v) is 3.77. The van der Waals surface area contributed by atoms with Crippen molar-refractivity contribution in [2.75, 3.05) is 18.5 Å². The van der Waals surface area contributed by atoms with Gasteiger partial charge in [-0.25, -0.2) is 0 Å². The Morgan fingerprint density at radius 2 is 1.85 bits per heavy atom. The van der Waals surface area contributed by atoms with Crippen molar-refractivity contribution >= 4 is 17.3 Å². The van der Waals surface area contributed by atoms with Crippen LogP contribution in [0, 0.1) is 6.92 Å². The van der Waals surface area contributed by atoms with E-state index in [1.807, 2.05) is 12.1 Å². The molecule has 0 fully saturated rings. The van der Waals surface area contributed by atoms with Crippen molar-refractivity contribution in [3.63, 3.8) is 0 Å². The minimum atomic E-state index is 0.631. The van der Waals surface area contributed by atoms with Crippen LogP contribution in [-0.2, 0) is 13.0 Å². The summed E-state index contributed by atoms with van der Waals surface area (Å²) in [6.07, 6.45) is 0.841. The summed E-state index contributed by atoms with van der Waals surface area (Å²) in [4.78, 5) is 2.25. The molecule has 3 heteroatoms. The van der Waals surface area contributed by atoms with Gasteiger partial charge in [0.05, 0.1) is 0 Å². The maximum atomic E-state index is 6.08. The van der Waals surface area contributed by atoms with Crippen molar-refractivity contribution in [2.45, 2.75) is 19.9 Å². The zero-order valence-electron chi connectivity index (χ0n) is 12.1. The minimum absolute atomic E-state index is 0.631. The smallest absolute Gasteiger partial charge is 0.0428 e. The van der Waals surface area contributed by atoms with E-state index in [9.17, 15) is 0 Å². The van der Waals surface area contributed by atoms with Crippen LogP contribution in [0.4, 0.5) is 5.69 Å². The van der Waals surface area contributed by atoms with Crippen LogP contribution >= 0.6 is 11.6 Å². The monoisotopic (exact) mass is 288 g/mol. The van der Waals surface area contributed by atoms with Gasteiger partial charge < -0.3 is 10.6 Å². The van der Waals surface area contributed by atoms with Gasteiger partial charge in [0.25, 0.3) is 0 Å². The van der Waals surface area contributed by atoms with Crippen molar-refractivity contribution in [3.8, 4) is 0 Å². The summed E-state index contributed by atoms with van der Waals surface area (Å²) >= 11 is 6.08. The molecule has 20 heavy (non-hydrogen) atoms. The van der Waals surface area contributed by atoms with Gasteiger partial charge in [0.2, 0.25) is 0 Å². The molecular formula is C17H21ClN2. The van der Waals surface area contributed by atoms with Crippen molar-refractivity contribution in [1.29, 1.82) is 0 Å². The third kappa shape index (κ3) is 3.53. The Balaban J connectivity index is 2.25. The number of halogens is 1. The van der Waals surface area contributed by atoms with Crippen LogP contribution in [0.15, 0.2) is 42.5 Å². The predicted molar refractivity (Wildman–Crippen MR) is 87.5 cm³/mol. The van der Waals surface area contributed by atoms with Crippen molar-refractivity contribution in [1.82, 2.24) is 0 Å². The van der Waals surface area contributed by atoms with Crippen LogP contribution in [0.5, 0.6) is 0 Å². The molecule has 0 aliphatic rings. The van der Waals surface area contributed by atoms with Crippen LogP contribution in [0.3, 0.4) is 0 Å². The average molecular weight is 289 g/mol. The Labute approximate surface area is 126 Å². The maximum Gasteiger partial charge on any atom is 0.0428 e. The largest absolute Gasteiger partial charge is 0.370 e. The van der Waals surface area contributed by atoms with Crippen LogP contribution in [0.25, 0.3) is 0 Å². The predicted octanol–water partition coefficient (Wildman–Crippen LogP) is 3.79. The fourth-order valence-electron chi connectivity index (χ4n) is 2.41. The first-order valence-electron chi connectivity index (χ1n) is 6.86. The summed E-state index contributed by atoms with van der Waals surface area (Å²) in [6.45, 7) is 3.66. The van der Waals surface area contributed by atoms with E-state index < -0.39 is 0 Å². The first-order valence-corrected chi connectivity index (χ1v) is 7.23. The van der Waals surface area contributed by atoms with Crippen LogP contribution in [-0.4, -0.2) is 13.6 Å². The Morgan fingerprint density at radius 3 is 2.55 bits per heavy atom. The lowest BCUT2D eigenvalue weighted by molar-refractivity contribution is 0.887. The highest BCUT2D eigenvalue weighted by atomic mass is 35.5. The van der Waals surface area contributed by atoms with Crippen molar-refractivity contribution in [3.05, 3.63) is 64.2 Å². The highest BCUT2D eigenvalue weighted by molar-refractivity contribution is 6.30. The summed E-state index contributed by atoms with van der Waals surface area (Å²) in [5.74, 6) is 0. The maximum absolute atomic E-state index is 6.08. The molecule has 0 unspecified atom stereocenters. The summed E-state index contributed by atoms with van der Waals surface area (Å²) in [6, 6.07) is 14.5. The van der Waals surface area contributed by atoms with E-state index in [-0.39, 0.29) is 0 Å². The van der Waals surface area contributed by atoms with E-state index in [0.717, 1.165) is 18.0 Å². The number of hydrogen-bond acceptors (Lipinski definition) is 2. The van der Waals surface area contributed by atoms with Crippen LogP contribution in [0.1, 0.15) is 16.7 Å². The minimum Gasteiger partial charge on any atom is -0.370 e. The third-order valence-electron chi connectivity index (χ3n) is 3.54. The molecule has 0 aliphatic carbocycles. The zero-order valence-corrected chi connectivity index (χ0v) is 12.8. The Kier molecular flexibility index (Phi) is 5.05. The lowest BCUT2D eigenvalue weighted by Crippen LogP contribution is -2.19. The van der Waals surface area contributed by atoms with E-state index in [2.05, 4.69) is 49.2 Å². The molecule has 0 radical (unpaired) electrons. The lowest BCUT2D eigenvalue weighted by atomic mass is 10.1. The second-order valence-corrected chi connectivity index (χ2v) is 5.53. The average Bonchev–Trinajstić information content (AvgIpc) is 2.42. The van der Waals surface area contributed by atoms with Gasteiger partial charge in [-0.1, -0.05) is 35.9 Å². The van der Waals surface area contributed by atoms with Gasteiger partial charge >= 0.3 is 0 Å². The first-order chi connectivity index (χ1) is 9.61. The van der Waals surface area contributed by atoms with Crippen LogP contribution in [0.2, 0.25) is 5.02 Å². The Bertz CT molecular complexity index is 581. The number of anilines is 1. The van der Waals surface area contributed by atoms with Gasteiger partial charge in [0.1, 0.15) is 0 Å². The van der Waals surface area contributed by atoms with Crippen molar-refractivity contribution in [2.24, 2.45) is 5.73 Å². The molecule has 2 aromatic rings. The molecule has 0 bridgehead atoms. The summed E-state index contributed by atoms with van der Waals surface area (Å²) in [5, 5.41) is 0.765. The van der Waals surface area contributed by atoms with Crippen molar-refractivity contribution < 1.29 is 0 Å². The van der Waals surface area contributed by atoms with E-state index in [1.165, 1.54) is 22.4 Å². The molecule has 106 valence electrons. The Hall–Kier alpha value is -1.51. The number of nitrogens with zero attached hydrogens (tertiary/aromatic N) is 1. The van der Waals surface area contributed by atoms with Gasteiger partial charge in [0.15, 0.2) is 0 Å². The van der Waals surface area contributed by atoms with Gasteiger partial charge in [0, 0.05) is 24.3 Å². The molecule has 0 aliphatic heterocycles. The number of aryl methyl sites for hydroxylation is 1. The standard InChI is InChI=1S/C17H21ClN2/c1-13-5-3-4-6-15(13)12-20(2)17-8-7-16(18)11-14(17)9-10-19/h3-8,11H,9-10,12,19H2,1-2H3. The van der Waals surface area contributed by atoms with Gasteiger partial charge in [-0.3, -0.25) is 0 Å². The fourth-order valence-corrected chi connectivity index (χ4v) is 2.61. The number of rotatable bonds is 5. The van der Waals surface area contributed by atoms with E-state index in [4.69, 9.17) is 17.3 Å². The molecule has 2 rings (SSSR count). The molecular weight excluding hydrogens is 268 g/mol. The second-order valence-electron chi connectivity index (χ2n) is 5.09. The number of hydrogen-bond donors (Lipinski definition) is 1. The molecule has 2 N–H and O–H groups in total. The molecule has 0 heterocycles. The van der Waals surface area contributed by atoms with E-state index >= 15 is 0 Å². The molecule has 0 aromatic heterocycles. The van der Waals surface area contributed by atoms with Crippen LogP contribution < -0.4 is 10.6 Å². The Morgan fingerprint density at radius 1 is 1.10 bits per heavy atom. The molecule has 0 spiro atoms. The highest BCUT2D eigenvalue weighted by Gasteiger charge is 2.09. The molecule has 0 amide bonds.